The average Bonchev–Trinajstić information content (AvgIpc) is 2.89. The highest BCUT2D eigenvalue weighted by atomic mass is 35.5. The van der Waals surface area contributed by atoms with Gasteiger partial charge in [-0.25, -0.2) is 9.37 Å². The summed E-state index contributed by atoms with van der Waals surface area (Å²) in [5, 5.41) is 2.44. The second-order valence-electron chi connectivity index (χ2n) is 5.31. The molecule has 0 spiro atoms. The zero-order chi connectivity index (χ0) is 16.2. The Morgan fingerprint density at radius 1 is 1.22 bits per heavy atom. The first-order valence-electron chi connectivity index (χ1n) is 7.52. The summed E-state index contributed by atoms with van der Waals surface area (Å²) < 4.78 is 16.2. The summed E-state index contributed by atoms with van der Waals surface area (Å²) >= 11 is 6.18. The van der Waals surface area contributed by atoms with E-state index in [-0.39, 0.29) is 5.82 Å². The smallest absolute Gasteiger partial charge is 0.129 e. The quantitative estimate of drug-likeness (QED) is 0.692. The molecule has 0 aliphatic carbocycles. The van der Waals surface area contributed by atoms with Crippen molar-refractivity contribution >= 4 is 22.6 Å². The molecular weight excluding hydrogens is 313 g/mol. The van der Waals surface area contributed by atoms with Crippen LogP contribution in [0.1, 0.15) is 11.4 Å². The van der Waals surface area contributed by atoms with Gasteiger partial charge in [-0.05, 0) is 30.8 Å². The number of hydrogen-bond donors (Lipinski definition) is 1. The number of benzene rings is 2. The monoisotopic (exact) mass is 330 g/mol. The maximum atomic E-state index is 14.1. The van der Waals surface area contributed by atoms with Gasteiger partial charge in [-0.15, -0.1) is 0 Å². The van der Waals surface area contributed by atoms with Crippen LogP contribution in [-0.4, -0.2) is 16.1 Å². The summed E-state index contributed by atoms with van der Waals surface area (Å²) in [5.74, 6) is 0.627. The van der Waals surface area contributed by atoms with Crippen LogP contribution in [0.15, 0.2) is 55.2 Å². The number of rotatable bonds is 6. The molecule has 0 unspecified atom stereocenters. The molecule has 3 nitrogen and oxygen atoms in total. The van der Waals surface area contributed by atoms with E-state index in [2.05, 4.69) is 11.6 Å². The second kappa shape index (κ2) is 6.94. The van der Waals surface area contributed by atoms with E-state index in [0.717, 1.165) is 29.8 Å². The van der Waals surface area contributed by atoms with Crippen LogP contribution in [0.25, 0.3) is 11.0 Å². The maximum absolute atomic E-state index is 14.1. The van der Waals surface area contributed by atoms with Crippen LogP contribution in [0.4, 0.5) is 4.39 Å². The molecule has 0 fully saturated rings. The molecule has 0 saturated carbocycles. The van der Waals surface area contributed by atoms with Crippen LogP contribution >= 0.6 is 11.6 Å². The summed E-state index contributed by atoms with van der Waals surface area (Å²) in [4.78, 5) is 4.68. The molecule has 2 aromatic carbocycles. The average molecular weight is 331 g/mol. The van der Waals surface area contributed by atoms with Crippen molar-refractivity contribution in [3.05, 3.63) is 77.5 Å². The Balaban J connectivity index is 2.03. The van der Waals surface area contributed by atoms with Crippen molar-refractivity contribution in [2.45, 2.75) is 13.0 Å². The summed E-state index contributed by atoms with van der Waals surface area (Å²) in [5.41, 5.74) is 2.39. The maximum Gasteiger partial charge on any atom is 0.129 e. The third-order valence-electron chi connectivity index (χ3n) is 3.81. The number of nitrogens with two attached hydrogens (primary N) is 1. The lowest BCUT2D eigenvalue weighted by atomic mass is 10.2. The van der Waals surface area contributed by atoms with Gasteiger partial charge in [0, 0.05) is 10.6 Å². The SMILES string of the molecule is C=C[NH2+]CCc1nc2ccccc2n1Cc1c(F)cccc1Cl. The van der Waals surface area contributed by atoms with E-state index >= 15 is 0 Å². The number of quaternary nitrogens is 1. The lowest BCUT2D eigenvalue weighted by Gasteiger charge is -2.11. The minimum atomic E-state index is -0.293. The van der Waals surface area contributed by atoms with Crippen molar-refractivity contribution < 1.29 is 9.71 Å². The van der Waals surface area contributed by atoms with Crippen molar-refractivity contribution in [3.63, 3.8) is 0 Å². The molecule has 1 heterocycles. The van der Waals surface area contributed by atoms with Gasteiger partial charge in [-0.2, -0.15) is 0 Å². The molecule has 5 heteroatoms. The van der Waals surface area contributed by atoms with Crippen LogP contribution in [0.2, 0.25) is 5.02 Å². The third kappa shape index (κ3) is 3.28. The molecule has 3 aromatic rings. The third-order valence-corrected chi connectivity index (χ3v) is 4.17. The van der Waals surface area contributed by atoms with E-state index in [1.165, 1.54) is 6.07 Å². The van der Waals surface area contributed by atoms with E-state index < -0.39 is 0 Å². The van der Waals surface area contributed by atoms with Crippen molar-refractivity contribution in [1.29, 1.82) is 0 Å². The lowest BCUT2D eigenvalue weighted by molar-refractivity contribution is -0.586. The fraction of sp³-hybridized carbons (Fsp3) is 0.167. The Morgan fingerprint density at radius 3 is 2.83 bits per heavy atom. The first kappa shape index (κ1) is 15.7. The van der Waals surface area contributed by atoms with Gasteiger partial charge in [0.15, 0.2) is 0 Å². The number of hydrogen-bond acceptors (Lipinski definition) is 1. The van der Waals surface area contributed by atoms with E-state index in [1.807, 2.05) is 34.1 Å². The van der Waals surface area contributed by atoms with Crippen molar-refractivity contribution in [2.24, 2.45) is 0 Å². The minimum absolute atomic E-state index is 0.293. The van der Waals surface area contributed by atoms with Gasteiger partial charge in [-0.1, -0.05) is 29.8 Å². The van der Waals surface area contributed by atoms with E-state index in [9.17, 15) is 4.39 Å². The highest BCUT2D eigenvalue weighted by Gasteiger charge is 2.14. The zero-order valence-electron chi connectivity index (χ0n) is 12.7. The number of fused-ring (bicyclic) bond motifs is 1. The molecule has 23 heavy (non-hydrogen) atoms. The molecule has 0 amide bonds. The van der Waals surface area contributed by atoms with Crippen LogP contribution in [0.3, 0.4) is 0 Å². The second-order valence-corrected chi connectivity index (χ2v) is 5.72. The molecule has 0 bridgehead atoms. The predicted molar refractivity (Wildman–Crippen MR) is 90.9 cm³/mol. The van der Waals surface area contributed by atoms with Crippen LogP contribution in [-0.2, 0) is 13.0 Å². The van der Waals surface area contributed by atoms with Crippen LogP contribution in [0.5, 0.6) is 0 Å². The molecule has 0 aliphatic heterocycles. The van der Waals surface area contributed by atoms with Crippen molar-refractivity contribution in [3.8, 4) is 0 Å². The lowest BCUT2D eigenvalue weighted by Crippen LogP contribution is -2.78. The molecule has 118 valence electrons. The summed E-state index contributed by atoms with van der Waals surface area (Å²) in [6.45, 7) is 4.91. The largest absolute Gasteiger partial charge is 0.323 e. The van der Waals surface area contributed by atoms with Crippen molar-refractivity contribution in [1.82, 2.24) is 9.55 Å². The summed E-state index contributed by atoms with van der Waals surface area (Å²) in [6, 6.07) is 12.6. The first-order chi connectivity index (χ1) is 11.2. The zero-order valence-corrected chi connectivity index (χ0v) is 13.4. The molecule has 0 aliphatic rings. The van der Waals surface area contributed by atoms with Crippen LogP contribution in [0, 0.1) is 5.82 Å². The van der Waals surface area contributed by atoms with Gasteiger partial charge in [0.2, 0.25) is 0 Å². The highest BCUT2D eigenvalue weighted by molar-refractivity contribution is 6.31. The number of nitrogens with zero attached hydrogens (tertiary/aromatic N) is 2. The Labute approximate surface area is 139 Å². The molecule has 3 rings (SSSR count). The molecule has 0 saturated heterocycles. The fourth-order valence-corrected chi connectivity index (χ4v) is 2.89. The summed E-state index contributed by atoms with van der Waals surface area (Å²) in [6.07, 6.45) is 2.55. The van der Waals surface area contributed by atoms with Gasteiger partial charge in [0.25, 0.3) is 0 Å². The molecule has 1 aromatic heterocycles. The Kier molecular flexibility index (Phi) is 4.74. The van der Waals surface area contributed by atoms with Crippen LogP contribution < -0.4 is 5.32 Å². The van der Waals surface area contributed by atoms with Gasteiger partial charge in [-0.3, -0.25) is 0 Å². The Bertz CT molecular complexity index is 821. The fourth-order valence-electron chi connectivity index (χ4n) is 2.66. The van der Waals surface area contributed by atoms with Gasteiger partial charge in [0.05, 0.1) is 36.7 Å². The van der Waals surface area contributed by atoms with Crippen molar-refractivity contribution in [2.75, 3.05) is 6.54 Å². The Hall–Kier alpha value is -2.17. The van der Waals surface area contributed by atoms with E-state index in [0.29, 0.717) is 17.1 Å². The normalized spacial score (nSPS) is 11.0. The van der Waals surface area contributed by atoms with E-state index in [4.69, 9.17) is 11.6 Å². The number of aromatic nitrogens is 2. The molecule has 2 N–H and O–H groups in total. The summed E-state index contributed by atoms with van der Waals surface area (Å²) in [7, 11) is 0. The topological polar surface area (TPSA) is 34.4 Å². The van der Waals surface area contributed by atoms with Gasteiger partial charge < -0.3 is 9.88 Å². The first-order valence-corrected chi connectivity index (χ1v) is 7.89. The number of imidazole rings is 1. The molecular formula is C18H18ClFN3+. The van der Waals surface area contributed by atoms with E-state index in [1.54, 1.807) is 18.3 Å². The number of halogens is 2. The predicted octanol–water partition coefficient (Wildman–Crippen LogP) is 3.13. The molecule has 0 radical (unpaired) electrons. The van der Waals surface area contributed by atoms with Gasteiger partial charge >= 0.3 is 0 Å². The van der Waals surface area contributed by atoms with Gasteiger partial charge in [0.1, 0.15) is 11.6 Å². The minimum Gasteiger partial charge on any atom is -0.323 e. The Morgan fingerprint density at radius 2 is 2.04 bits per heavy atom. The number of para-hydroxylation sites is 2. The standard InChI is InChI=1S/C18H17ClFN3/c1-2-21-11-10-18-22-16-8-3-4-9-17(16)23(18)12-13-14(19)6-5-7-15(13)20/h2-9,21H,1,10-12H2/p+1. The molecule has 0 atom stereocenters. The highest BCUT2D eigenvalue weighted by Crippen LogP contribution is 2.24.